The maximum absolute atomic E-state index is 13.2. The Balaban J connectivity index is 2.14. The molecule has 1 aromatic rings. The van der Waals surface area contributed by atoms with Gasteiger partial charge in [-0.15, -0.1) is 0 Å². The number of amides is 1. The molecule has 9 heteroatoms. The van der Waals surface area contributed by atoms with E-state index in [9.17, 15) is 23.1 Å². The second-order valence-electron chi connectivity index (χ2n) is 9.42. The van der Waals surface area contributed by atoms with Crippen LogP contribution in [0.1, 0.15) is 45.2 Å². The molecule has 1 heterocycles. The van der Waals surface area contributed by atoms with E-state index in [1.54, 1.807) is 17.0 Å². The molecule has 1 aliphatic rings. The molecule has 1 fully saturated rings. The van der Waals surface area contributed by atoms with E-state index < -0.39 is 34.7 Å². The second-order valence-corrected chi connectivity index (χ2v) is 11.3. The minimum Gasteiger partial charge on any atom is -0.454 e. The van der Waals surface area contributed by atoms with E-state index >= 15 is 0 Å². The summed E-state index contributed by atoms with van der Waals surface area (Å²) in [7, 11) is -4.01. The summed E-state index contributed by atoms with van der Waals surface area (Å²) in [6.45, 7) is 12.1. The van der Waals surface area contributed by atoms with Crippen molar-refractivity contribution in [2.24, 2.45) is 11.8 Å². The Morgan fingerprint density at radius 2 is 1.72 bits per heavy atom. The monoisotopic (exact) mass is 468 g/mol. The fourth-order valence-corrected chi connectivity index (χ4v) is 5.47. The molecule has 1 unspecified atom stereocenters. The first-order chi connectivity index (χ1) is 14.8. The molecule has 8 nitrogen and oxygen atoms in total. The van der Waals surface area contributed by atoms with E-state index in [0.29, 0.717) is 13.1 Å². The quantitative estimate of drug-likeness (QED) is 0.557. The summed E-state index contributed by atoms with van der Waals surface area (Å²) in [6, 6.07) is 3.58. The van der Waals surface area contributed by atoms with Crippen molar-refractivity contribution in [3.63, 3.8) is 0 Å². The van der Waals surface area contributed by atoms with Crippen LogP contribution in [0.2, 0.25) is 0 Å². The van der Waals surface area contributed by atoms with Gasteiger partial charge in [-0.1, -0.05) is 33.8 Å². The third kappa shape index (κ3) is 6.52. The first-order valence-corrected chi connectivity index (χ1v) is 12.5. The van der Waals surface area contributed by atoms with Gasteiger partial charge in [0.25, 0.3) is 5.91 Å². The van der Waals surface area contributed by atoms with Gasteiger partial charge in [-0.05, 0) is 48.9 Å². The second kappa shape index (κ2) is 10.8. The Bertz CT molecular complexity index is 918. The third-order valence-corrected chi connectivity index (χ3v) is 7.32. The van der Waals surface area contributed by atoms with Crippen LogP contribution in [-0.2, 0) is 24.3 Å². The number of ether oxygens (including phenoxy) is 1. The zero-order chi connectivity index (χ0) is 24.2. The third-order valence-electron chi connectivity index (χ3n) is 5.45. The summed E-state index contributed by atoms with van der Waals surface area (Å²) < 4.78 is 32.6. The molecule has 2 atom stereocenters. The average molecular weight is 469 g/mol. The lowest BCUT2D eigenvalue weighted by atomic mass is 10.1. The van der Waals surface area contributed by atoms with Crippen LogP contribution in [0, 0.1) is 25.7 Å². The summed E-state index contributed by atoms with van der Waals surface area (Å²) in [5.41, 5.74) is 1.76. The minimum atomic E-state index is -4.01. The van der Waals surface area contributed by atoms with Crippen molar-refractivity contribution in [3.05, 3.63) is 29.3 Å². The van der Waals surface area contributed by atoms with Crippen molar-refractivity contribution in [1.82, 2.24) is 9.21 Å². The lowest BCUT2D eigenvalue weighted by Crippen LogP contribution is -2.44. The van der Waals surface area contributed by atoms with Gasteiger partial charge in [0.2, 0.25) is 10.0 Å². The maximum Gasteiger partial charge on any atom is 0.325 e. The lowest BCUT2D eigenvalue weighted by molar-refractivity contribution is -0.155. The van der Waals surface area contributed by atoms with Crippen LogP contribution in [0.15, 0.2) is 23.1 Å². The number of hydrogen-bond donors (Lipinski definition) is 1. The number of nitrogens with zero attached hydrogens (tertiary/aromatic N) is 2. The topological polar surface area (TPSA) is 104 Å². The van der Waals surface area contributed by atoms with E-state index in [1.807, 2.05) is 41.5 Å². The number of hydrogen-bond acceptors (Lipinski definition) is 6. The molecule has 1 aromatic carbocycles. The number of rotatable bonds is 9. The summed E-state index contributed by atoms with van der Waals surface area (Å²) >= 11 is 0. The molecular formula is C23H36N2O6S. The van der Waals surface area contributed by atoms with Crippen LogP contribution in [-0.4, -0.2) is 73.0 Å². The number of carbonyl (C=O) groups is 2. The van der Waals surface area contributed by atoms with E-state index in [-0.39, 0.29) is 35.6 Å². The van der Waals surface area contributed by atoms with Crippen molar-refractivity contribution in [1.29, 1.82) is 0 Å². The molecule has 1 aliphatic heterocycles. The molecule has 0 bridgehead atoms. The summed E-state index contributed by atoms with van der Waals surface area (Å²) in [4.78, 5) is 27.1. The van der Waals surface area contributed by atoms with Crippen LogP contribution in [0.4, 0.5) is 0 Å². The minimum absolute atomic E-state index is 0.0589. The molecule has 1 N–H and O–H groups in total. The lowest BCUT2D eigenvalue weighted by Gasteiger charge is -2.27. The molecule has 0 aliphatic carbocycles. The molecule has 1 saturated heterocycles. The number of sulfonamides is 1. The van der Waals surface area contributed by atoms with Crippen LogP contribution in [0.25, 0.3) is 0 Å². The molecule has 0 aromatic heterocycles. The molecule has 180 valence electrons. The van der Waals surface area contributed by atoms with Gasteiger partial charge in [-0.2, -0.15) is 4.31 Å². The van der Waals surface area contributed by atoms with Gasteiger partial charge in [0, 0.05) is 26.1 Å². The van der Waals surface area contributed by atoms with Gasteiger partial charge in [0.15, 0.2) is 6.61 Å². The largest absolute Gasteiger partial charge is 0.454 e. The smallest absolute Gasteiger partial charge is 0.325 e. The Morgan fingerprint density at radius 3 is 2.25 bits per heavy atom. The number of aryl methyl sites for hydroxylation is 2. The average Bonchev–Trinajstić information content (AvgIpc) is 3.09. The fraction of sp³-hybridized carbons (Fsp3) is 0.652. The molecule has 0 saturated carbocycles. The van der Waals surface area contributed by atoms with Gasteiger partial charge in [0.05, 0.1) is 11.0 Å². The zero-order valence-corrected chi connectivity index (χ0v) is 20.7. The standard InChI is InChI=1S/C23H36N2O6S/c1-15(2)11-24(12-16(3)4)22(27)14-31-23(28)21-10-19(26)13-25(21)32(29,30)20-8-7-17(5)18(6)9-20/h7-9,15-16,19,21,26H,10-14H2,1-6H3/t19?,21-/m0/s1. The van der Waals surface area contributed by atoms with Crippen LogP contribution in [0.3, 0.4) is 0 Å². The Kier molecular flexibility index (Phi) is 8.84. The van der Waals surface area contributed by atoms with E-state index in [0.717, 1.165) is 15.4 Å². The predicted octanol–water partition coefficient (Wildman–Crippen LogP) is 2.11. The fourth-order valence-electron chi connectivity index (χ4n) is 3.75. The van der Waals surface area contributed by atoms with Gasteiger partial charge in [0.1, 0.15) is 6.04 Å². The van der Waals surface area contributed by atoms with Crippen LogP contribution < -0.4 is 0 Å². The SMILES string of the molecule is Cc1ccc(S(=O)(=O)N2CC(O)C[C@H]2C(=O)OCC(=O)N(CC(C)C)CC(C)C)cc1C. The number of β-amino-alcohol motifs (C(OH)–C–C–N with tert-alkyl or cyclic N) is 1. The van der Waals surface area contributed by atoms with Gasteiger partial charge < -0.3 is 14.7 Å². The maximum atomic E-state index is 13.2. The van der Waals surface area contributed by atoms with Gasteiger partial charge >= 0.3 is 5.97 Å². The molecular weight excluding hydrogens is 432 g/mol. The highest BCUT2D eigenvalue weighted by Crippen LogP contribution is 2.28. The summed E-state index contributed by atoms with van der Waals surface area (Å²) in [6.07, 6.45) is -1.05. The number of carbonyl (C=O) groups excluding carboxylic acids is 2. The summed E-state index contributed by atoms with van der Waals surface area (Å²) in [5, 5.41) is 10.1. The van der Waals surface area contributed by atoms with Crippen molar-refractivity contribution >= 4 is 21.9 Å². The highest BCUT2D eigenvalue weighted by atomic mass is 32.2. The molecule has 2 rings (SSSR count). The Labute approximate surface area is 191 Å². The van der Waals surface area contributed by atoms with E-state index in [4.69, 9.17) is 4.74 Å². The Hall–Kier alpha value is -1.97. The van der Waals surface area contributed by atoms with E-state index in [1.165, 1.54) is 6.07 Å². The van der Waals surface area contributed by atoms with E-state index in [2.05, 4.69) is 0 Å². The normalized spacial score (nSPS) is 19.5. The number of aliphatic hydroxyl groups excluding tert-OH is 1. The van der Waals surface area contributed by atoms with Crippen molar-refractivity contribution in [2.75, 3.05) is 26.2 Å². The van der Waals surface area contributed by atoms with Crippen molar-refractivity contribution in [3.8, 4) is 0 Å². The van der Waals surface area contributed by atoms with Crippen molar-refractivity contribution < 1.29 is 27.9 Å². The van der Waals surface area contributed by atoms with Gasteiger partial charge in [-0.25, -0.2) is 8.42 Å². The van der Waals surface area contributed by atoms with Crippen LogP contribution >= 0.6 is 0 Å². The molecule has 0 radical (unpaired) electrons. The number of esters is 1. The summed E-state index contributed by atoms with van der Waals surface area (Å²) in [5.74, 6) is -0.617. The highest BCUT2D eigenvalue weighted by molar-refractivity contribution is 7.89. The molecule has 32 heavy (non-hydrogen) atoms. The molecule has 0 spiro atoms. The highest BCUT2D eigenvalue weighted by Gasteiger charge is 2.44. The first-order valence-electron chi connectivity index (χ1n) is 11.0. The van der Waals surface area contributed by atoms with Crippen LogP contribution in [0.5, 0.6) is 0 Å². The predicted molar refractivity (Wildman–Crippen MR) is 121 cm³/mol. The Morgan fingerprint density at radius 1 is 1.12 bits per heavy atom. The number of benzene rings is 1. The van der Waals surface area contributed by atoms with Crippen molar-refractivity contribution in [2.45, 2.75) is 65.0 Å². The first kappa shape index (κ1) is 26.3. The number of aliphatic hydroxyl groups is 1. The van der Waals surface area contributed by atoms with Gasteiger partial charge in [-0.3, -0.25) is 9.59 Å². The molecule has 1 amide bonds. The zero-order valence-electron chi connectivity index (χ0n) is 19.9.